The van der Waals surface area contributed by atoms with Crippen LogP contribution in [-0.2, 0) is 0 Å². The van der Waals surface area contributed by atoms with Gasteiger partial charge in [0.25, 0.3) is 5.91 Å². The van der Waals surface area contributed by atoms with Crippen molar-refractivity contribution >= 4 is 11.6 Å². The fourth-order valence-corrected chi connectivity index (χ4v) is 2.54. The molecule has 2 atom stereocenters. The summed E-state index contributed by atoms with van der Waals surface area (Å²) in [6.07, 6.45) is 5.84. The van der Waals surface area contributed by atoms with Crippen LogP contribution in [-0.4, -0.2) is 38.3 Å². The van der Waals surface area contributed by atoms with Gasteiger partial charge in [-0.25, -0.2) is 0 Å². The lowest BCUT2D eigenvalue weighted by molar-refractivity contribution is 0.0916. The van der Waals surface area contributed by atoms with Crippen LogP contribution in [0.2, 0.25) is 0 Å². The molecule has 6 heteroatoms. The van der Waals surface area contributed by atoms with E-state index in [0.717, 1.165) is 19.3 Å². The van der Waals surface area contributed by atoms with Crippen molar-refractivity contribution < 1.29 is 9.90 Å². The molecule has 2 aromatic rings. The first-order valence-electron chi connectivity index (χ1n) is 6.50. The van der Waals surface area contributed by atoms with Crippen molar-refractivity contribution in [2.45, 2.75) is 25.4 Å². The molecule has 0 radical (unpaired) electrons. The Bertz CT molecular complexity index is 595. The smallest absolute Gasteiger partial charge is 0.252 e. The molecule has 2 N–H and O–H groups in total. The molecule has 1 aliphatic carbocycles. The van der Waals surface area contributed by atoms with E-state index >= 15 is 0 Å². The molecule has 1 aliphatic rings. The molecule has 0 bridgehead atoms. The van der Waals surface area contributed by atoms with E-state index in [4.69, 9.17) is 0 Å². The van der Waals surface area contributed by atoms with Gasteiger partial charge in [0, 0.05) is 18.7 Å². The van der Waals surface area contributed by atoms with Crippen molar-refractivity contribution in [3.8, 4) is 0 Å². The number of aliphatic hydroxyl groups is 1. The van der Waals surface area contributed by atoms with E-state index < -0.39 is 0 Å². The average molecular weight is 260 g/mol. The molecule has 1 fully saturated rings. The van der Waals surface area contributed by atoms with E-state index in [1.54, 1.807) is 29.1 Å². The van der Waals surface area contributed by atoms with Crippen molar-refractivity contribution in [2.24, 2.45) is 5.92 Å². The van der Waals surface area contributed by atoms with E-state index in [0.29, 0.717) is 17.8 Å². The summed E-state index contributed by atoms with van der Waals surface area (Å²) >= 11 is 0. The Morgan fingerprint density at radius 1 is 1.47 bits per heavy atom. The van der Waals surface area contributed by atoms with Crippen LogP contribution in [0, 0.1) is 5.92 Å². The van der Waals surface area contributed by atoms with Crippen molar-refractivity contribution in [2.75, 3.05) is 6.54 Å². The summed E-state index contributed by atoms with van der Waals surface area (Å²) in [5.74, 6) is 0.0530. The van der Waals surface area contributed by atoms with Crippen molar-refractivity contribution in [3.63, 3.8) is 0 Å². The average Bonchev–Trinajstić information content (AvgIpc) is 3.03. The van der Waals surface area contributed by atoms with E-state index in [-0.39, 0.29) is 17.9 Å². The molecule has 100 valence electrons. The SMILES string of the molecule is O=C(NCC1CCCC1O)c1ccc2nncn2c1. The third kappa shape index (κ3) is 2.44. The monoisotopic (exact) mass is 260 g/mol. The van der Waals surface area contributed by atoms with Gasteiger partial charge in [-0.3, -0.25) is 9.20 Å². The van der Waals surface area contributed by atoms with Gasteiger partial charge in [-0.1, -0.05) is 6.42 Å². The second kappa shape index (κ2) is 4.97. The minimum Gasteiger partial charge on any atom is -0.393 e. The number of hydrogen-bond acceptors (Lipinski definition) is 4. The zero-order valence-corrected chi connectivity index (χ0v) is 10.5. The summed E-state index contributed by atoms with van der Waals surface area (Å²) < 4.78 is 1.71. The number of nitrogens with one attached hydrogen (secondary N) is 1. The molecule has 0 saturated heterocycles. The summed E-state index contributed by atoms with van der Waals surface area (Å²) in [6, 6.07) is 3.48. The number of rotatable bonds is 3. The number of carbonyl (C=O) groups is 1. The van der Waals surface area contributed by atoms with Crippen LogP contribution in [0.5, 0.6) is 0 Å². The van der Waals surface area contributed by atoms with Crippen molar-refractivity contribution in [3.05, 3.63) is 30.2 Å². The fraction of sp³-hybridized carbons (Fsp3) is 0.462. The molecule has 0 spiro atoms. The Kier molecular flexibility index (Phi) is 3.16. The zero-order valence-electron chi connectivity index (χ0n) is 10.5. The van der Waals surface area contributed by atoms with Crippen LogP contribution in [0.4, 0.5) is 0 Å². The summed E-state index contributed by atoms with van der Waals surface area (Å²) in [5, 5.41) is 20.2. The number of pyridine rings is 1. The Labute approximate surface area is 110 Å². The Morgan fingerprint density at radius 2 is 2.37 bits per heavy atom. The van der Waals surface area contributed by atoms with Gasteiger partial charge in [0.05, 0.1) is 11.7 Å². The summed E-state index contributed by atoms with van der Waals surface area (Å²) in [7, 11) is 0. The van der Waals surface area contributed by atoms with E-state index in [1.807, 2.05) is 0 Å². The minimum atomic E-state index is -0.277. The van der Waals surface area contributed by atoms with Gasteiger partial charge in [-0.2, -0.15) is 0 Å². The Balaban J connectivity index is 1.66. The molecule has 1 saturated carbocycles. The highest BCUT2D eigenvalue weighted by Crippen LogP contribution is 2.24. The second-order valence-corrected chi connectivity index (χ2v) is 4.98. The third-order valence-electron chi connectivity index (χ3n) is 3.70. The first kappa shape index (κ1) is 12.1. The maximum atomic E-state index is 12.0. The molecule has 1 amide bonds. The number of fused-ring (bicyclic) bond motifs is 1. The maximum Gasteiger partial charge on any atom is 0.252 e. The molecule has 6 nitrogen and oxygen atoms in total. The molecule has 3 rings (SSSR count). The van der Waals surface area contributed by atoms with Crippen LogP contribution in [0.3, 0.4) is 0 Å². The molecule has 2 unspecified atom stereocenters. The van der Waals surface area contributed by atoms with E-state index in [2.05, 4.69) is 15.5 Å². The molecule has 2 aromatic heterocycles. The summed E-state index contributed by atoms with van der Waals surface area (Å²) in [6.45, 7) is 0.528. The summed E-state index contributed by atoms with van der Waals surface area (Å²) in [5.41, 5.74) is 1.28. The van der Waals surface area contributed by atoms with E-state index in [9.17, 15) is 9.90 Å². The van der Waals surface area contributed by atoms with Crippen LogP contribution in [0.1, 0.15) is 29.6 Å². The van der Waals surface area contributed by atoms with Gasteiger partial charge in [0.15, 0.2) is 5.65 Å². The fourth-order valence-electron chi connectivity index (χ4n) is 2.54. The number of aromatic nitrogens is 3. The predicted octanol–water partition coefficient (Wildman–Crippen LogP) is 0.620. The van der Waals surface area contributed by atoms with Gasteiger partial charge in [0.1, 0.15) is 6.33 Å². The Morgan fingerprint density at radius 3 is 3.16 bits per heavy atom. The second-order valence-electron chi connectivity index (χ2n) is 4.98. The normalized spacial score (nSPS) is 22.8. The van der Waals surface area contributed by atoms with Crippen LogP contribution in [0.25, 0.3) is 5.65 Å². The van der Waals surface area contributed by atoms with Gasteiger partial charge < -0.3 is 10.4 Å². The quantitative estimate of drug-likeness (QED) is 0.848. The largest absolute Gasteiger partial charge is 0.393 e. The van der Waals surface area contributed by atoms with Gasteiger partial charge in [-0.05, 0) is 25.0 Å². The topological polar surface area (TPSA) is 79.5 Å². The lowest BCUT2D eigenvalue weighted by atomic mass is 10.1. The van der Waals surface area contributed by atoms with Gasteiger partial charge in [0.2, 0.25) is 0 Å². The highest BCUT2D eigenvalue weighted by atomic mass is 16.3. The number of nitrogens with zero attached hydrogens (tertiary/aromatic N) is 3. The standard InChI is InChI=1S/C13H16N4O2/c18-11-3-1-2-9(11)6-14-13(19)10-4-5-12-16-15-8-17(12)7-10/h4-5,7-9,11,18H,1-3,6H2,(H,14,19). The molecule has 0 aliphatic heterocycles. The minimum absolute atomic E-state index is 0.130. The molecule has 19 heavy (non-hydrogen) atoms. The third-order valence-corrected chi connectivity index (χ3v) is 3.70. The number of aliphatic hydroxyl groups excluding tert-OH is 1. The number of carbonyl (C=O) groups excluding carboxylic acids is 1. The van der Waals surface area contributed by atoms with Crippen molar-refractivity contribution in [1.82, 2.24) is 19.9 Å². The van der Waals surface area contributed by atoms with Crippen LogP contribution >= 0.6 is 0 Å². The van der Waals surface area contributed by atoms with Gasteiger partial charge >= 0.3 is 0 Å². The van der Waals surface area contributed by atoms with Gasteiger partial charge in [-0.15, -0.1) is 10.2 Å². The highest BCUT2D eigenvalue weighted by Gasteiger charge is 2.25. The first-order valence-corrected chi connectivity index (χ1v) is 6.50. The molecule has 0 aromatic carbocycles. The predicted molar refractivity (Wildman–Crippen MR) is 68.7 cm³/mol. The molecule has 2 heterocycles. The van der Waals surface area contributed by atoms with E-state index in [1.165, 1.54) is 0 Å². The Hall–Kier alpha value is -1.95. The lowest BCUT2D eigenvalue weighted by Crippen LogP contribution is -2.32. The number of amides is 1. The van der Waals surface area contributed by atoms with Crippen LogP contribution < -0.4 is 5.32 Å². The lowest BCUT2D eigenvalue weighted by Gasteiger charge is -2.15. The maximum absolute atomic E-state index is 12.0. The molecular formula is C13H16N4O2. The first-order chi connectivity index (χ1) is 9.24. The number of hydrogen-bond donors (Lipinski definition) is 2. The molecular weight excluding hydrogens is 244 g/mol. The highest BCUT2D eigenvalue weighted by molar-refractivity contribution is 5.94. The van der Waals surface area contributed by atoms with Crippen molar-refractivity contribution in [1.29, 1.82) is 0 Å². The zero-order chi connectivity index (χ0) is 13.2. The van der Waals surface area contributed by atoms with Crippen LogP contribution in [0.15, 0.2) is 24.7 Å². The summed E-state index contributed by atoms with van der Waals surface area (Å²) in [4.78, 5) is 12.0.